The summed E-state index contributed by atoms with van der Waals surface area (Å²) in [6.45, 7) is -0.754. The number of piperidine rings is 1. The first-order chi connectivity index (χ1) is 18.1. The predicted octanol–water partition coefficient (Wildman–Crippen LogP) is 2.16. The molecule has 2 aromatic rings. The topological polar surface area (TPSA) is 113 Å². The summed E-state index contributed by atoms with van der Waals surface area (Å²) in [6, 6.07) is 6.99. The van der Waals surface area contributed by atoms with Gasteiger partial charge < -0.3 is 16.0 Å². The molecule has 5 rings (SSSR count). The van der Waals surface area contributed by atoms with Gasteiger partial charge in [-0.25, -0.2) is 13.2 Å². The fourth-order valence-electron chi connectivity index (χ4n) is 5.96. The van der Waals surface area contributed by atoms with Gasteiger partial charge in [0.1, 0.15) is 12.4 Å². The summed E-state index contributed by atoms with van der Waals surface area (Å²) < 4.78 is 40.9. The minimum Gasteiger partial charge on any atom is -0.345 e. The van der Waals surface area contributed by atoms with Crippen LogP contribution >= 0.6 is 0 Å². The van der Waals surface area contributed by atoms with E-state index in [9.17, 15) is 32.3 Å². The maximum Gasteiger partial charge on any atom is 0.262 e. The number of carbonyl (C=O) groups excluding carboxylic acids is 4. The standard InChI is InChI=1S/C27H27F3N4O4/c28-20-11-22(30)21(29)9-14(20)10-23(31)15-7-16-5-6-17(8-15)34(16)25(36)12-32-24(35)13-33-26(37)18-3-1-2-4-19(18)27(33)38/h1-4,9,11,15-17,23H,5-8,10,12-13,31H2,(H,32,35)/t15?,16?,17?,23-/m1/s1. The molecule has 2 bridgehead atoms. The number of hydrogen-bond acceptors (Lipinski definition) is 5. The normalized spacial score (nSPS) is 23.0. The number of amides is 4. The van der Waals surface area contributed by atoms with Gasteiger partial charge in [-0.2, -0.15) is 0 Å². The highest BCUT2D eigenvalue weighted by atomic mass is 19.2. The van der Waals surface area contributed by atoms with Crippen LogP contribution in [0.5, 0.6) is 0 Å². The van der Waals surface area contributed by atoms with Crippen LogP contribution in [-0.2, 0) is 16.0 Å². The Morgan fingerprint density at radius 2 is 1.53 bits per heavy atom. The molecule has 2 fully saturated rings. The first-order valence-corrected chi connectivity index (χ1v) is 12.6. The van der Waals surface area contributed by atoms with Crippen LogP contribution in [0.2, 0.25) is 0 Å². The molecular formula is C27H27F3N4O4. The van der Waals surface area contributed by atoms with Gasteiger partial charge in [0, 0.05) is 24.2 Å². The molecule has 2 saturated heterocycles. The number of hydrogen-bond donors (Lipinski definition) is 2. The number of fused-ring (bicyclic) bond motifs is 3. The Kier molecular flexibility index (Phi) is 6.95. The van der Waals surface area contributed by atoms with E-state index < -0.39 is 47.8 Å². The van der Waals surface area contributed by atoms with Crippen LogP contribution in [0.25, 0.3) is 0 Å². The third kappa shape index (κ3) is 4.78. The lowest BCUT2D eigenvalue weighted by Gasteiger charge is -2.41. The van der Waals surface area contributed by atoms with Gasteiger partial charge in [0.15, 0.2) is 11.6 Å². The summed E-state index contributed by atoms with van der Waals surface area (Å²) in [5.41, 5.74) is 6.84. The SMILES string of the molecule is N[C@H](Cc1cc(F)c(F)cc1F)C1CC2CCC(C1)N2C(=O)CNC(=O)CN1C(=O)c2ccccc2C1=O. The highest BCUT2D eigenvalue weighted by Crippen LogP contribution is 2.40. The third-order valence-electron chi connectivity index (χ3n) is 7.82. The zero-order valence-electron chi connectivity index (χ0n) is 20.5. The van der Waals surface area contributed by atoms with Crippen molar-refractivity contribution in [2.75, 3.05) is 13.1 Å². The lowest BCUT2D eigenvalue weighted by molar-refractivity contribution is -0.137. The molecule has 2 unspecified atom stereocenters. The summed E-state index contributed by atoms with van der Waals surface area (Å²) in [5.74, 6) is -5.24. The molecule has 11 heteroatoms. The Bertz CT molecular complexity index is 1270. The second kappa shape index (κ2) is 10.2. The third-order valence-corrected chi connectivity index (χ3v) is 7.82. The highest BCUT2D eigenvalue weighted by Gasteiger charge is 2.44. The summed E-state index contributed by atoms with van der Waals surface area (Å²) in [6.07, 6.45) is 2.74. The number of benzene rings is 2. The van der Waals surface area contributed by atoms with Crippen molar-refractivity contribution in [1.82, 2.24) is 15.1 Å². The van der Waals surface area contributed by atoms with E-state index in [1.807, 2.05) is 0 Å². The molecule has 8 nitrogen and oxygen atoms in total. The van der Waals surface area contributed by atoms with Crippen LogP contribution in [0.15, 0.2) is 36.4 Å². The highest BCUT2D eigenvalue weighted by molar-refractivity contribution is 6.22. The Labute approximate surface area is 216 Å². The van der Waals surface area contributed by atoms with Crippen molar-refractivity contribution < 1.29 is 32.3 Å². The maximum absolute atomic E-state index is 14.1. The minimum absolute atomic E-state index is 0.0167. The lowest BCUT2D eigenvalue weighted by atomic mass is 9.82. The molecule has 38 heavy (non-hydrogen) atoms. The van der Waals surface area contributed by atoms with Gasteiger partial charge in [-0.15, -0.1) is 0 Å². The van der Waals surface area contributed by atoms with Crippen molar-refractivity contribution in [2.45, 2.75) is 50.2 Å². The number of carbonyl (C=O) groups is 4. The van der Waals surface area contributed by atoms with Crippen molar-refractivity contribution in [3.63, 3.8) is 0 Å². The molecule has 3 N–H and O–H groups in total. The smallest absolute Gasteiger partial charge is 0.262 e. The molecule has 3 aliphatic rings. The molecule has 2 aromatic carbocycles. The molecule has 0 aliphatic carbocycles. The molecule has 200 valence electrons. The van der Waals surface area contributed by atoms with Gasteiger partial charge in [0.25, 0.3) is 11.8 Å². The van der Waals surface area contributed by atoms with Crippen molar-refractivity contribution in [2.24, 2.45) is 11.7 Å². The van der Waals surface area contributed by atoms with E-state index in [1.54, 1.807) is 17.0 Å². The van der Waals surface area contributed by atoms with Crippen molar-refractivity contribution in [3.8, 4) is 0 Å². The van der Waals surface area contributed by atoms with Gasteiger partial charge in [0.2, 0.25) is 11.8 Å². The second-order valence-electron chi connectivity index (χ2n) is 10.2. The Morgan fingerprint density at radius 1 is 0.947 bits per heavy atom. The molecule has 3 heterocycles. The maximum atomic E-state index is 14.1. The van der Waals surface area contributed by atoms with Crippen LogP contribution in [0.1, 0.15) is 52.0 Å². The fourth-order valence-corrected chi connectivity index (χ4v) is 5.96. The van der Waals surface area contributed by atoms with Crippen molar-refractivity contribution in [3.05, 3.63) is 70.5 Å². The Hall–Kier alpha value is -3.73. The molecule has 0 saturated carbocycles. The Morgan fingerprint density at radius 3 is 2.13 bits per heavy atom. The zero-order valence-corrected chi connectivity index (χ0v) is 20.5. The van der Waals surface area contributed by atoms with Gasteiger partial charge in [-0.1, -0.05) is 12.1 Å². The van der Waals surface area contributed by atoms with Crippen LogP contribution in [0.4, 0.5) is 13.2 Å². The summed E-state index contributed by atoms with van der Waals surface area (Å²) in [7, 11) is 0. The van der Waals surface area contributed by atoms with Gasteiger partial charge in [-0.05, 0) is 61.8 Å². The number of halogens is 3. The largest absolute Gasteiger partial charge is 0.345 e. The van der Waals surface area contributed by atoms with E-state index >= 15 is 0 Å². The monoisotopic (exact) mass is 528 g/mol. The fraction of sp³-hybridized carbons (Fsp3) is 0.407. The van der Waals surface area contributed by atoms with Crippen LogP contribution in [-0.4, -0.2) is 64.6 Å². The molecule has 0 aromatic heterocycles. The Balaban J connectivity index is 1.14. The predicted molar refractivity (Wildman–Crippen MR) is 129 cm³/mol. The first-order valence-electron chi connectivity index (χ1n) is 12.6. The minimum atomic E-state index is -1.25. The summed E-state index contributed by atoms with van der Waals surface area (Å²) in [4.78, 5) is 53.0. The van der Waals surface area contributed by atoms with Gasteiger partial charge >= 0.3 is 0 Å². The molecule has 0 radical (unpaired) electrons. The molecule has 0 spiro atoms. The molecule has 3 atom stereocenters. The molecular weight excluding hydrogens is 501 g/mol. The average Bonchev–Trinajstić information content (AvgIpc) is 3.29. The van der Waals surface area contributed by atoms with E-state index in [-0.39, 0.29) is 53.6 Å². The van der Waals surface area contributed by atoms with Gasteiger partial charge in [-0.3, -0.25) is 24.1 Å². The van der Waals surface area contributed by atoms with E-state index in [4.69, 9.17) is 5.73 Å². The first kappa shape index (κ1) is 25.9. The van der Waals surface area contributed by atoms with Crippen molar-refractivity contribution >= 4 is 23.6 Å². The second-order valence-corrected chi connectivity index (χ2v) is 10.2. The molecule has 3 aliphatic heterocycles. The van der Waals surface area contributed by atoms with E-state index in [0.717, 1.165) is 23.8 Å². The van der Waals surface area contributed by atoms with Crippen LogP contribution in [0.3, 0.4) is 0 Å². The van der Waals surface area contributed by atoms with Crippen LogP contribution < -0.4 is 11.1 Å². The summed E-state index contributed by atoms with van der Waals surface area (Å²) >= 11 is 0. The zero-order chi connectivity index (χ0) is 27.1. The lowest BCUT2D eigenvalue weighted by Crippen LogP contribution is -2.53. The molecule has 4 amide bonds. The van der Waals surface area contributed by atoms with E-state index in [0.29, 0.717) is 18.9 Å². The van der Waals surface area contributed by atoms with Gasteiger partial charge in [0.05, 0.1) is 17.7 Å². The quantitative estimate of drug-likeness (QED) is 0.423. The number of imide groups is 1. The van der Waals surface area contributed by atoms with E-state index in [2.05, 4.69) is 5.32 Å². The number of nitrogens with two attached hydrogens (primary N) is 1. The van der Waals surface area contributed by atoms with Crippen molar-refractivity contribution in [1.29, 1.82) is 0 Å². The average molecular weight is 529 g/mol. The number of nitrogens with zero attached hydrogens (tertiary/aromatic N) is 2. The summed E-state index contributed by atoms with van der Waals surface area (Å²) in [5, 5.41) is 2.52. The van der Waals surface area contributed by atoms with Crippen LogP contribution in [0, 0.1) is 23.4 Å². The van der Waals surface area contributed by atoms with E-state index in [1.165, 1.54) is 12.1 Å². The number of nitrogens with one attached hydrogen (secondary N) is 1. The number of rotatable bonds is 7.